The zero-order chi connectivity index (χ0) is 9.45. The van der Waals surface area contributed by atoms with Crippen molar-refractivity contribution in [3.8, 4) is 0 Å². The van der Waals surface area contributed by atoms with Crippen molar-refractivity contribution in [1.82, 2.24) is 5.32 Å². The molecule has 74 valence electrons. The molecule has 0 heterocycles. The van der Waals surface area contributed by atoms with E-state index in [2.05, 4.69) is 9.84 Å². The lowest BCUT2D eigenvalue weighted by molar-refractivity contribution is 0.256. The van der Waals surface area contributed by atoms with E-state index in [4.69, 9.17) is 22.0 Å². The van der Waals surface area contributed by atoms with Gasteiger partial charge in [0.15, 0.2) is 0 Å². The lowest BCUT2D eigenvalue weighted by Crippen LogP contribution is -2.19. The normalized spacial score (nSPS) is 15.9. The largest absolute Gasteiger partial charge is 0.400 e. The second kappa shape index (κ2) is 6.83. The molecule has 1 unspecified atom stereocenters. The highest BCUT2D eigenvalue weighted by molar-refractivity contribution is 7.50. The fraction of sp³-hybridized carbons (Fsp3) is 1.00. The lowest BCUT2D eigenvalue weighted by atomic mass is 10.4. The predicted octanol–water partition coefficient (Wildman–Crippen LogP) is 0.281. The van der Waals surface area contributed by atoms with Crippen molar-refractivity contribution in [2.75, 3.05) is 25.6 Å². The third kappa shape index (κ3) is 10.4. The van der Waals surface area contributed by atoms with Gasteiger partial charge in [0.05, 0.1) is 6.61 Å². The highest BCUT2D eigenvalue weighted by atomic mass is 35.5. The first-order valence-electron chi connectivity index (χ1n) is 3.59. The van der Waals surface area contributed by atoms with Crippen molar-refractivity contribution >= 4 is 19.3 Å². The maximum Gasteiger partial charge on any atom is 0.400 e. The van der Waals surface area contributed by atoms with Gasteiger partial charge in [-0.2, -0.15) is 0 Å². The second-order valence-electron chi connectivity index (χ2n) is 2.19. The van der Waals surface area contributed by atoms with Crippen LogP contribution in [0.4, 0.5) is 0 Å². The van der Waals surface area contributed by atoms with Crippen LogP contribution in [0.25, 0.3) is 0 Å². The van der Waals surface area contributed by atoms with E-state index < -0.39 is 7.75 Å². The first kappa shape index (κ1) is 12.4. The van der Waals surface area contributed by atoms with Crippen LogP contribution in [0.2, 0.25) is 0 Å². The molecule has 0 aliphatic carbocycles. The van der Waals surface area contributed by atoms with Gasteiger partial charge >= 0.3 is 7.75 Å². The van der Waals surface area contributed by atoms with Crippen LogP contribution >= 0.6 is 19.3 Å². The molecule has 0 spiro atoms. The summed E-state index contributed by atoms with van der Waals surface area (Å²) in [5.74, 6) is 0.552. The van der Waals surface area contributed by atoms with Gasteiger partial charge in [0.1, 0.15) is 0 Å². The summed E-state index contributed by atoms with van der Waals surface area (Å²) in [7, 11) is -3.78. The van der Waals surface area contributed by atoms with Gasteiger partial charge in [0.2, 0.25) is 0 Å². The zero-order valence-corrected chi connectivity index (χ0v) is 8.35. The number of alkyl halides is 1. The van der Waals surface area contributed by atoms with Crippen molar-refractivity contribution < 1.29 is 14.0 Å². The fourth-order valence-electron chi connectivity index (χ4n) is 0.584. The summed E-state index contributed by atoms with van der Waals surface area (Å²) in [6.07, 6.45) is 0.638. The number of rotatable bonds is 7. The molecule has 0 amide bonds. The molecule has 5 nitrogen and oxygen atoms in total. The highest BCUT2D eigenvalue weighted by Gasteiger charge is 2.09. The Labute approximate surface area is 76.8 Å². The average molecular weight is 217 g/mol. The molecule has 0 rings (SSSR count). The summed E-state index contributed by atoms with van der Waals surface area (Å²) in [4.78, 5) is 8.49. The van der Waals surface area contributed by atoms with Crippen LogP contribution in [-0.4, -0.2) is 30.5 Å². The molecule has 0 saturated heterocycles. The molecule has 7 heteroatoms. The summed E-state index contributed by atoms with van der Waals surface area (Å²) in [6.45, 7) is 1.60. The van der Waals surface area contributed by atoms with Crippen LogP contribution in [0.5, 0.6) is 0 Å². The first-order chi connectivity index (χ1) is 5.56. The van der Waals surface area contributed by atoms with Crippen LogP contribution in [0.1, 0.15) is 6.42 Å². The van der Waals surface area contributed by atoms with E-state index in [0.29, 0.717) is 18.8 Å². The van der Waals surface area contributed by atoms with E-state index in [-0.39, 0.29) is 6.61 Å². The molecule has 0 saturated carbocycles. The third-order valence-corrected chi connectivity index (χ3v) is 1.79. The van der Waals surface area contributed by atoms with Crippen molar-refractivity contribution in [2.45, 2.75) is 6.42 Å². The maximum atomic E-state index is 10.4. The van der Waals surface area contributed by atoms with Crippen molar-refractivity contribution in [3.63, 3.8) is 0 Å². The topological polar surface area (TPSA) is 84.6 Å². The Kier molecular flexibility index (Phi) is 7.04. The molecule has 0 aromatic carbocycles. The summed E-state index contributed by atoms with van der Waals surface area (Å²) in [5, 5.41) is 3.00. The molecule has 0 aliphatic rings. The number of hydrogen-bond acceptors (Lipinski definition) is 3. The lowest BCUT2D eigenvalue weighted by Gasteiger charge is -2.06. The van der Waals surface area contributed by atoms with E-state index >= 15 is 0 Å². The number of hydrogen-bond donors (Lipinski definition) is 3. The fourth-order valence-corrected chi connectivity index (χ4v) is 1.11. The van der Waals surface area contributed by atoms with Crippen molar-refractivity contribution in [2.24, 2.45) is 5.50 Å². The van der Waals surface area contributed by atoms with E-state index in [0.717, 1.165) is 6.54 Å². The molecular formula is C5H14ClN2O3P. The van der Waals surface area contributed by atoms with E-state index in [1.165, 1.54) is 0 Å². The van der Waals surface area contributed by atoms with Gasteiger partial charge in [-0.25, -0.2) is 10.1 Å². The Balaban J connectivity index is 3.06. The molecule has 0 radical (unpaired) electrons. The molecule has 0 bridgehead atoms. The standard InChI is InChI=1S/C5H14ClN2O3P/c6-2-4-8-3-1-5-11-12(7,9)10/h8H,1-5H2,(H3,7,9,10). The van der Waals surface area contributed by atoms with Gasteiger partial charge in [-0.15, -0.1) is 11.6 Å². The Morgan fingerprint density at radius 3 is 2.75 bits per heavy atom. The predicted molar refractivity (Wildman–Crippen MR) is 48.2 cm³/mol. The van der Waals surface area contributed by atoms with Crippen LogP contribution in [0.3, 0.4) is 0 Å². The average Bonchev–Trinajstić information content (AvgIpc) is 1.94. The van der Waals surface area contributed by atoms with Gasteiger partial charge < -0.3 is 10.2 Å². The molecular weight excluding hydrogens is 202 g/mol. The van der Waals surface area contributed by atoms with Crippen LogP contribution < -0.4 is 10.8 Å². The molecule has 12 heavy (non-hydrogen) atoms. The van der Waals surface area contributed by atoms with E-state index in [1.54, 1.807) is 0 Å². The van der Waals surface area contributed by atoms with Crippen LogP contribution in [0, 0.1) is 0 Å². The van der Waals surface area contributed by atoms with Crippen LogP contribution in [0.15, 0.2) is 0 Å². The van der Waals surface area contributed by atoms with Gasteiger partial charge in [0.25, 0.3) is 0 Å². The minimum absolute atomic E-state index is 0.180. The highest BCUT2D eigenvalue weighted by Crippen LogP contribution is 2.30. The van der Waals surface area contributed by atoms with E-state index in [1.807, 2.05) is 0 Å². The molecule has 0 aromatic rings. The summed E-state index contributed by atoms with van der Waals surface area (Å²) >= 11 is 5.39. The molecule has 0 aromatic heterocycles. The minimum Gasteiger partial charge on any atom is -0.315 e. The maximum absolute atomic E-state index is 10.4. The minimum atomic E-state index is -3.78. The molecule has 0 fully saturated rings. The van der Waals surface area contributed by atoms with Gasteiger partial charge in [-0.3, -0.25) is 4.52 Å². The quantitative estimate of drug-likeness (QED) is 0.323. The van der Waals surface area contributed by atoms with Crippen LogP contribution in [-0.2, 0) is 9.09 Å². The molecule has 1 atom stereocenters. The summed E-state index contributed by atoms with van der Waals surface area (Å²) in [5.41, 5.74) is 4.72. The zero-order valence-electron chi connectivity index (χ0n) is 6.70. The number of nitrogens with one attached hydrogen (secondary N) is 1. The second-order valence-corrected chi connectivity index (χ2v) is 3.95. The summed E-state index contributed by atoms with van der Waals surface area (Å²) < 4.78 is 14.8. The Bertz CT molecular complexity index is 152. The number of nitrogens with two attached hydrogens (primary N) is 1. The van der Waals surface area contributed by atoms with E-state index in [9.17, 15) is 4.57 Å². The smallest absolute Gasteiger partial charge is 0.315 e. The Hall–Kier alpha value is 0.360. The van der Waals surface area contributed by atoms with Crippen molar-refractivity contribution in [1.29, 1.82) is 0 Å². The third-order valence-electron chi connectivity index (χ3n) is 1.05. The Morgan fingerprint density at radius 2 is 2.25 bits per heavy atom. The van der Waals surface area contributed by atoms with Gasteiger partial charge in [-0.05, 0) is 13.0 Å². The SMILES string of the molecule is NP(=O)(O)OCCCNCCCl. The van der Waals surface area contributed by atoms with Crippen molar-refractivity contribution in [3.05, 3.63) is 0 Å². The first-order valence-corrected chi connectivity index (χ1v) is 5.77. The van der Waals surface area contributed by atoms with Gasteiger partial charge in [0, 0.05) is 12.4 Å². The molecule has 0 aliphatic heterocycles. The Morgan fingerprint density at radius 1 is 1.58 bits per heavy atom. The molecule has 4 N–H and O–H groups in total. The van der Waals surface area contributed by atoms with Gasteiger partial charge in [-0.1, -0.05) is 0 Å². The number of halogens is 1. The summed E-state index contributed by atoms with van der Waals surface area (Å²) in [6, 6.07) is 0. The monoisotopic (exact) mass is 216 g/mol.